The summed E-state index contributed by atoms with van der Waals surface area (Å²) in [7, 11) is 0. The minimum Gasteiger partial charge on any atom is -0.339 e. The van der Waals surface area contributed by atoms with E-state index in [4.69, 9.17) is 0 Å². The van der Waals surface area contributed by atoms with Gasteiger partial charge < -0.3 is 9.80 Å². The van der Waals surface area contributed by atoms with Crippen molar-refractivity contribution in [1.82, 2.24) is 14.7 Å². The van der Waals surface area contributed by atoms with Crippen molar-refractivity contribution in [2.75, 3.05) is 32.7 Å². The summed E-state index contributed by atoms with van der Waals surface area (Å²) < 4.78 is 28.3. The molecule has 2 heterocycles. The summed E-state index contributed by atoms with van der Waals surface area (Å²) in [6, 6.07) is 3.59. The number of likely N-dealkylation sites (tertiary alicyclic amines) is 1. The van der Waals surface area contributed by atoms with Gasteiger partial charge in [-0.05, 0) is 58.1 Å². The van der Waals surface area contributed by atoms with Crippen molar-refractivity contribution in [2.45, 2.75) is 77.3 Å². The van der Waals surface area contributed by atoms with Crippen molar-refractivity contribution in [3.05, 3.63) is 35.4 Å². The zero-order valence-corrected chi connectivity index (χ0v) is 21.0. The third-order valence-corrected chi connectivity index (χ3v) is 8.15. The largest absolute Gasteiger partial charge is 0.339 e. The molecule has 1 aromatic rings. The maximum Gasteiger partial charge on any atom is 0.228 e. The number of rotatable bonds is 4. The quantitative estimate of drug-likeness (QED) is 0.648. The number of hydrogen-bond donors (Lipinski definition) is 0. The highest BCUT2D eigenvalue weighted by Gasteiger charge is 2.45. The standard InChI is InChI=1S/C27H39F2N3O2/c1-18-15-30(25(33)13-19-7-5-6-8-19)11-12-32(18)26(34)23-17-31(27(2,3)4)16-22(23)21-10-9-20(28)14-24(21)29/h9-10,14,18-19,22-23H,5-8,11-13,15-17H2,1-4H3/t18-,22-,23+/m0/s1. The SMILES string of the molecule is C[C@H]1CN(C(=O)CC2CCCC2)CCN1C(=O)[C@@H]1CN(C(C)(C)C)C[C@H]1c1ccc(F)cc1F. The first-order valence-electron chi connectivity index (χ1n) is 12.8. The van der Waals surface area contributed by atoms with Gasteiger partial charge in [-0.2, -0.15) is 0 Å². The molecule has 0 bridgehead atoms. The summed E-state index contributed by atoms with van der Waals surface area (Å²) >= 11 is 0. The first-order chi connectivity index (χ1) is 16.0. The Labute approximate surface area is 202 Å². The fraction of sp³-hybridized carbons (Fsp3) is 0.704. The van der Waals surface area contributed by atoms with Crippen LogP contribution in [-0.4, -0.2) is 70.8 Å². The molecule has 1 saturated carbocycles. The van der Waals surface area contributed by atoms with Gasteiger partial charge in [-0.1, -0.05) is 18.9 Å². The Morgan fingerprint density at radius 3 is 2.35 bits per heavy atom. The van der Waals surface area contributed by atoms with Gasteiger partial charge in [-0.15, -0.1) is 0 Å². The van der Waals surface area contributed by atoms with Gasteiger partial charge in [0.1, 0.15) is 11.6 Å². The predicted octanol–water partition coefficient (Wildman–Crippen LogP) is 4.42. The fourth-order valence-corrected chi connectivity index (χ4v) is 6.03. The van der Waals surface area contributed by atoms with Crippen molar-refractivity contribution < 1.29 is 18.4 Å². The Hall–Kier alpha value is -2.02. The van der Waals surface area contributed by atoms with Crippen molar-refractivity contribution in [1.29, 1.82) is 0 Å². The van der Waals surface area contributed by atoms with E-state index in [1.807, 2.05) is 16.7 Å². The van der Waals surface area contributed by atoms with Crippen LogP contribution in [-0.2, 0) is 9.59 Å². The van der Waals surface area contributed by atoms with Gasteiger partial charge in [0.05, 0.1) is 5.92 Å². The number of amides is 2. The average molecular weight is 476 g/mol. The van der Waals surface area contributed by atoms with Crippen molar-refractivity contribution in [3.63, 3.8) is 0 Å². The van der Waals surface area contributed by atoms with Crippen LogP contribution in [0.4, 0.5) is 8.78 Å². The molecule has 3 fully saturated rings. The molecule has 0 spiro atoms. The normalized spacial score (nSPS) is 26.9. The monoisotopic (exact) mass is 475 g/mol. The lowest BCUT2D eigenvalue weighted by molar-refractivity contribution is -0.145. The second kappa shape index (κ2) is 9.92. The molecule has 4 rings (SSSR count). The molecule has 1 aromatic carbocycles. The molecule has 5 nitrogen and oxygen atoms in total. The van der Waals surface area contributed by atoms with Crippen LogP contribution in [0.5, 0.6) is 0 Å². The maximum absolute atomic E-state index is 14.8. The molecule has 0 unspecified atom stereocenters. The second-order valence-electron chi connectivity index (χ2n) is 11.5. The third-order valence-electron chi connectivity index (χ3n) is 8.15. The molecule has 188 valence electrons. The van der Waals surface area contributed by atoms with E-state index in [0.717, 1.165) is 18.9 Å². The Morgan fingerprint density at radius 1 is 1.03 bits per heavy atom. The van der Waals surface area contributed by atoms with Gasteiger partial charge in [0.15, 0.2) is 0 Å². The lowest BCUT2D eigenvalue weighted by Gasteiger charge is -2.42. The van der Waals surface area contributed by atoms with Crippen molar-refractivity contribution in [2.24, 2.45) is 11.8 Å². The number of piperazine rings is 1. The molecule has 0 N–H and O–H groups in total. The van der Waals surface area contributed by atoms with Gasteiger partial charge in [0.2, 0.25) is 11.8 Å². The molecule has 7 heteroatoms. The van der Waals surface area contributed by atoms with Crippen LogP contribution in [0.3, 0.4) is 0 Å². The van der Waals surface area contributed by atoms with Gasteiger partial charge in [-0.3, -0.25) is 14.5 Å². The second-order valence-corrected chi connectivity index (χ2v) is 11.5. The summed E-state index contributed by atoms with van der Waals surface area (Å²) in [6.45, 7) is 11.0. The van der Waals surface area contributed by atoms with Crippen LogP contribution in [0.2, 0.25) is 0 Å². The number of carbonyl (C=O) groups is 2. The molecule has 3 aliphatic rings. The zero-order valence-electron chi connectivity index (χ0n) is 21.0. The highest BCUT2D eigenvalue weighted by Crippen LogP contribution is 2.39. The number of hydrogen-bond acceptors (Lipinski definition) is 3. The third kappa shape index (κ3) is 5.29. The van der Waals surface area contributed by atoms with Crippen LogP contribution in [0.15, 0.2) is 18.2 Å². The van der Waals surface area contributed by atoms with Gasteiger partial charge in [0, 0.05) is 62.7 Å². The topological polar surface area (TPSA) is 43.9 Å². The van der Waals surface area contributed by atoms with Crippen LogP contribution >= 0.6 is 0 Å². The highest BCUT2D eigenvalue weighted by atomic mass is 19.1. The Kier molecular flexibility index (Phi) is 7.32. The minimum absolute atomic E-state index is 0.0101. The van der Waals surface area contributed by atoms with Crippen LogP contribution < -0.4 is 0 Å². The molecular formula is C27H39F2N3O2. The van der Waals surface area contributed by atoms with E-state index in [1.165, 1.54) is 25.0 Å². The number of benzene rings is 1. The van der Waals surface area contributed by atoms with Crippen LogP contribution in [0.25, 0.3) is 0 Å². The van der Waals surface area contributed by atoms with E-state index < -0.39 is 17.6 Å². The van der Waals surface area contributed by atoms with Crippen molar-refractivity contribution in [3.8, 4) is 0 Å². The smallest absolute Gasteiger partial charge is 0.228 e. The molecule has 2 aliphatic heterocycles. The molecular weight excluding hydrogens is 436 g/mol. The van der Waals surface area contributed by atoms with E-state index in [0.29, 0.717) is 50.6 Å². The lowest BCUT2D eigenvalue weighted by atomic mass is 9.87. The van der Waals surface area contributed by atoms with Gasteiger partial charge in [-0.25, -0.2) is 8.78 Å². The van der Waals surface area contributed by atoms with Crippen LogP contribution in [0, 0.1) is 23.5 Å². The molecule has 0 radical (unpaired) electrons. The summed E-state index contributed by atoms with van der Waals surface area (Å²) in [4.78, 5) is 32.6. The molecule has 3 atom stereocenters. The van der Waals surface area contributed by atoms with E-state index in [-0.39, 0.29) is 29.3 Å². The molecule has 0 aromatic heterocycles. The first-order valence-corrected chi connectivity index (χ1v) is 12.8. The Morgan fingerprint density at radius 2 is 1.74 bits per heavy atom. The molecule has 34 heavy (non-hydrogen) atoms. The van der Waals surface area contributed by atoms with E-state index >= 15 is 0 Å². The molecule has 2 amide bonds. The average Bonchev–Trinajstić information content (AvgIpc) is 3.43. The summed E-state index contributed by atoms with van der Waals surface area (Å²) in [5, 5.41) is 0. The maximum atomic E-state index is 14.8. The van der Waals surface area contributed by atoms with Crippen molar-refractivity contribution >= 4 is 11.8 Å². The first kappa shape index (κ1) is 25.1. The minimum atomic E-state index is -0.609. The van der Waals surface area contributed by atoms with E-state index in [9.17, 15) is 18.4 Å². The Bertz CT molecular complexity index is 910. The zero-order chi connectivity index (χ0) is 24.6. The molecule has 2 saturated heterocycles. The summed E-state index contributed by atoms with van der Waals surface area (Å²) in [6.07, 6.45) is 5.36. The summed E-state index contributed by atoms with van der Waals surface area (Å²) in [5.74, 6) is -1.21. The fourth-order valence-electron chi connectivity index (χ4n) is 6.03. The van der Waals surface area contributed by atoms with Gasteiger partial charge in [0.25, 0.3) is 0 Å². The van der Waals surface area contributed by atoms with E-state index in [2.05, 4.69) is 25.7 Å². The lowest BCUT2D eigenvalue weighted by Crippen LogP contribution is -2.57. The summed E-state index contributed by atoms with van der Waals surface area (Å²) in [5.41, 5.74) is 0.241. The van der Waals surface area contributed by atoms with Gasteiger partial charge >= 0.3 is 0 Å². The highest BCUT2D eigenvalue weighted by molar-refractivity contribution is 5.82. The number of carbonyl (C=O) groups excluding carboxylic acids is 2. The predicted molar refractivity (Wildman–Crippen MR) is 128 cm³/mol. The number of nitrogens with zero attached hydrogens (tertiary/aromatic N) is 3. The molecule has 1 aliphatic carbocycles. The van der Waals surface area contributed by atoms with Crippen LogP contribution in [0.1, 0.15) is 71.3 Å². The van der Waals surface area contributed by atoms with E-state index in [1.54, 1.807) is 0 Å². The Balaban J connectivity index is 1.47. The number of halogens is 2.